The first kappa shape index (κ1) is 12.2. The second-order valence-electron chi connectivity index (χ2n) is 2.26. The summed E-state index contributed by atoms with van der Waals surface area (Å²) in [5.74, 6) is 0.796. The van der Waals surface area contributed by atoms with Crippen molar-refractivity contribution in [3.63, 3.8) is 0 Å². The number of ether oxygens (including phenoxy) is 2. The van der Waals surface area contributed by atoms with E-state index >= 15 is 0 Å². The molecule has 1 rings (SSSR count). The molecule has 0 radical (unpaired) electrons. The molecule has 0 unspecified atom stereocenters. The minimum Gasteiger partial charge on any atom is -0.497 e. The van der Waals surface area contributed by atoms with E-state index in [1.807, 2.05) is 24.3 Å². The van der Waals surface area contributed by atoms with Gasteiger partial charge in [0.05, 0.1) is 7.11 Å². The Morgan fingerprint density at radius 2 is 1.92 bits per heavy atom. The Morgan fingerprint density at radius 3 is 2.38 bits per heavy atom. The molecule has 4 heteroatoms. The van der Waals surface area contributed by atoms with Crippen LogP contribution in [0.1, 0.15) is 5.56 Å². The number of carbonyl (C=O) groups is 1. The molecule has 0 heterocycles. The summed E-state index contributed by atoms with van der Waals surface area (Å²) in [5.41, 5.74) is 0.947. The second kappa shape index (κ2) is 6.71. The van der Waals surface area contributed by atoms with E-state index in [0.717, 1.165) is 11.3 Å². The van der Waals surface area contributed by atoms with Crippen LogP contribution in [-0.4, -0.2) is 13.6 Å². The van der Waals surface area contributed by atoms with E-state index in [0.29, 0.717) is 13.1 Å². The van der Waals surface area contributed by atoms with Crippen molar-refractivity contribution in [3.05, 3.63) is 29.8 Å². The van der Waals surface area contributed by atoms with Gasteiger partial charge in [-0.1, -0.05) is 12.1 Å². The van der Waals surface area contributed by atoms with Gasteiger partial charge in [-0.25, -0.2) is 0 Å². The van der Waals surface area contributed by atoms with E-state index in [1.165, 1.54) is 0 Å². The summed E-state index contributed by atoms with van der Waals surface area (Å²) >= 11 is 0. The SMILES string of the molecule is COc1ccc(COC=O)cc1.I. The highest BCUT2D eigenvalue weighted by atomic mass is 127. The molecule has 1 aromatic rings. The summed E-state index contributed by atoms with van der Waals surface area (Å²) < 4.78 is 9.53. The molecule has 3 nitrogen and oxygen atoms in total. The molecule has 0 spiro atoms. The van der Waals surface area contributed by atoms with Gasteiger partial charge in [-0.15, -0.1) is 24.0 Å². The smallest absolute Gasteiger partial charge is 0.293 e. The van der Waals surface area contributed by atoms with Crippen molar-refractivity contribution in [3.8, 4) is 5.75 Å². The molecule has 0 aliphatic heterocycles. The molecule has 0 atom stereocenters. The average Bonchev–Trinajstić information content (AvgIpc) is 2.15. The first-order chi connectivity index (χ1) is 5.86. The third kappa shape index (κ3) is 4.12. The lowest BCUT2D eigenvalue weighted by Gasteiger charge is -2.01. The monoisotopic (exact) mass is 294 g/mol. The van der Waals surface area contributed by atoms with Crippen LogP contribution < -0.4 is 4.74 Å². The lowest BCUT2D eigenvalue weighted by Crippen LogP contribution is -1.90. The van der Waals surface area contributed by atoms with Crippen LogP contribution in [0.4, 0.5) is 0 Å². The first-order valence-electron chi connectivity index (χ1n) is 3.55. The van der Waals surface area contributed by atoms with Gasteiger partial charge in [-0.05, 0) is 17.7 Å². The van der Waals surface area contributed by atoms with Crippen molar-refractivity contribution in [1.29, 1.82) is 0 Å². The lowest BCUT2D eigenvalue weighted by atomic mass is 10.2. The van der Waals surface area contributed by atoms with Crippen LogP contribution >= 0.6 is 24.0 Å². The van der Waals surface area contributed by atoms with Crippen LogP contribution in [0.15, 0.2) is 24.3 Å². The number of rotatable bonds is 4. The highest BCUT2D eigenvalue weighted by Crippen LogP contribution is 2.11. The maximum absolute atomic E-state index is 9.85. The number of halogens is 1. The van der Waals surface area contributed by atoms with Crippen LogP contribution in [-0.2, 0) is 16.1 Å². The van der Waals surface area contributed by atoms with Crippen molar-refractivity contribution < 1.29 is 14.3 Å². The molecule has 0 aliphatic carbocycles. The van der Waals surface area contributed by atoms with Crippen molar-refractivity contribution in [1.82, 2.24) is 0 Å². The van der Waals surface area contributed by atoms with Crippen LogP contribution in [0.2, 0.25) is 0 Å². The Morgan fingerprint density at radius 1 is 1.31 bits per heavy atom. The van der Waals surface area contributed by atoms with Gasteiger partial charge < -0.3 is 9.47 Å². The van der Waals surface area contributed by atoms with E-state index in [-0.39, 0.29) is 24.0 Å². The molecule has 1 aromatic carbocycles. The fourth-order valence-electron chi connectivity index (χ4n) is 0.852. The zero-order valence-electron chi connectivity index (χ0n) is 7.23. The fraction of sp³-hybridized carbons (Fsp3) is 0.222. The number of methoxy groups -OCH3 is 1. The van der Waals surface area contributed by atoms with Gasteiger partial charge in [-0.2, -0.15) is 0 Å². The van der Waals surface area contributed by atoms with Gasteiger partial charge in [0.1, 0.15) is 12.4 Å². The molecule has 72 valence electrons. The van der Waals surface area contributed by atoms with Crippen molar-refractivity contribution in [2.45, 2.75) is 6.61 Å². The summed E-state index contributed by atoms with van der Waals surface area (Å²) in [6, 6.07) is 7.34. The molecule has 0 saturated carbocycles. The summed E-state index contributed by atoms with van der Waals surface area (Å²) in [5, 5.41) is 0. The van der Waals surface area contributed by atoms with Crippen LogP contribution in [0, 0.1) is 0 Å². The maximum atomic E-state index is 9.85. The molecular weight excluding hydrogens is 283 g/mol. The van der Waals surface area contributed by atoms with Crippen molar-refractivity contribution in [2.75, 3.05) is 7.11 Å². The first-order valence-corrected chi connectivity index (χ1v) is 3.55. The average molecular weight is 294 g/mol. The fourth-order valence-corrected chi connectivity index (χ4v) is 0.852. The minimum atomic E-state index is 0. The predicted molar refractivity (Wildman–Crippen MR) is 59.3 cm³/mol. The number of hydrogen-bond acceptors (Lipinski definition) is 3. The predicted octanol–water partition coefficient (Wildman–Crippen LogP) is 1.99. The lowest BCUT2D eigenvalue weighted by molar-refractivity contribution is -0.129. The van der Waals surface area contributed by atoms with Gasteiger partial charge in [0.25, 0.3) is 6.47 Å². The third-order valence-corrected chi connectivity index (χ3v) is 1.48. The van der Waals surface area contributed by atoms with E-state index in [1.54, 1.807) is 7.11 Å². The third-order valence-electron chi connectivity index (χ3n) is 1.48. The molecular formula is C9H11IO3. The molecule has 0 N–H and O–H groups in total. The topological polar surface area (TPSA) is 35.5 Å². The Balaban J connectivity index is 0.00000144. The summed E-state index contributed by atoms with van der Waals surface area (Å²) in [7, 11) is 1.61. The van der Waals surface area contributed by atoms with Crippen molar-refractivity contribution >= 4 is 30.4 Å². The zero-order valence-corrected chi connectivity index (χ0v) is 9.56. The van der Waals surface area contributed by atoms with E-state index in [2.05, 4.69) is 4.74 Å². The van der Waals surface area contributed by atoms with Gasteiger partial charge in [0.15, 0.2) is 0 Å². The quantitative estimate of drug-likeness (QED) is 0.629. The Bertz CT molecular complexity index is 246. The van der Waals surface area contributed by atoms with Gasteiger partial charge in [-0.3, -0.25) is 4.79 Å². The Labute approximate surface area is 94.1 Å². The van der Waals surface area contributed by atoms with E-state index in [9.17, 15) is 4.79 Å². The minimum absolute atomic E-state index is 0. The molecule has 0 saturated heterocycles. The molecule has 13 heavy (non-hydrogen) atoms. The Hall–Kier alpha value is -0.780. The van der Waals surface area contributed by atoms with Gasteiger partial charge >= 0.3 is 0 Å². The van der Waals surface area contributed by atoms with Crippen LogP contribution in [0.5, 0.6) is 5.75 Å². The maximum Gasteiger partial charge on any atom is 0.293 e. The summed E-state index contributed by atoms with van der Waals surface area (Å²) in [6.45, 7) is 0.748. The van der Waals surface area contributed by atoms with Gasteiger partial charge in [0, 0.05) is 0 Å². The second-order valence-corrected chi connectivity index (χ2v) is 2.26. The van der Waals surface area contributed by atoms with Crippen LogP contribution in [0.3, 0.4) is 0 Å². The zero-order chi connectivity index (χ0) is 8.81. The van der Waals surface area contributed by atoms with E-state index in [4.69, 9.17) is 4.74 Å². The van der Waals surface area contributed by atoms with Crippen LogP contribution in [0.25, 0.3) is 0 Å². The largest absolute Gasteiger partial charge is 0.497 e. The Kier molecular flexibility index (Phi) is 6.30. The normalized spacial score (nSPS) is 8.38. The molecule has 0 aliphatic rings. The highest BCUT2D eigenvalue weighted by molar-refractivity contribution is 14.0. The van der Waals surface area contributed by atoms with E-state index < -0.39 is 0 Å². The standard InChI is InChI=1S/C9H10O3.HI/c1-11-9-4-2-8(3-5-9)6-12-7-10;/h2-5,7H,6H2,1H3;1H. The molecule has 0 amide bonds. The molecule has 0 bridgehead atoms. The summed E-state index contributed by atoms with van der Waals surface area (Å²) in [6.07, 6.45) is 0. The molecule has 0 fully saturated rings. The number of benzene rings is 1. The van der Waals surface area contributed by atoms with Crippen molar-refractivity contribution in [2.24, 2.45) is 0 Å². The van der Waals surface area contributed by atoms with Gasteiger partial charge in [0.2, 0.25) is 0 Å². The number of carbonyl (C=O) groups excluding carboxylic acids is 1. The molecule has 0 aromatic heterocycles. The summed E-state index contributed by atoms with van der Waals surface area (Å²) in [4.78, 5) is 9.85. The number of hydrogen-bond donors (Lipinski definition) is 0. The highest BCUT2D eigenvalue weighted by Gasteiger charge is 1.93.